The molecule has 0 aliphatic carbocycles. The molecule has 2 rings (SSSR count). The highest BCUT2D eigenvalue weighted by Gasteiger charge is 2.14. The fourth-order valence-corrected chi connectivity index (χ4v) is 1.67. The van der Waals surface area contributed by atoms with Crippen LogP contribution in [0, 0.1) is 25.5 Å². The summed E-state index contributed by atoms with van der Waals surface area (Å²) in [6.07, 6.45) is 0. The van der Waals surface area contributed by atoms with Gasteiger partial charge in [-0.25, -0.2) is 13.8 Å². The van der Waals surface area contributed by atoms with Gasteiger partial charge in [0, 0.05) is 11.1 Å². The Balaban J connectivity index is 2.96. The molecule has 5 heteroatoms. The second-order valence-corrected chi connectivity index (χ2v) is 3.60. The number of nitrogen functional groups attached to an aromatic ring is 1. The molecule has 0 aliphatic heterocycles. The molecule has 2 aromatic rings. The van der Waals surface area contributed by atoms with Crippen molar-refractivity contribution in [3.8, 4) is 0 Å². The first-order chi connectivity index (χ1) is 7.56. The van der Waals surface area contributed by atoms with Gasteiger partial charge in [0.2, 0.25) is 0 Å². The number of nitrogens with two attached hydrogens (primary N) is 1. The van der Waals surface area contributed by atoms with Crippen molar-refractivity contribution in [2.45, 2.75) is 13.8 Å². The predicted molar refractivity (Wildman–Crippen MR) is 58.9 cm³/mol. The number of halogens is 2. The fourth-order valence-electron chi connectivity index (χ4n) is 1.67. The molecule has 0 fully saturated rings. The summed E-state index contributed by atoms with van der Waals surface area (Å²) in [5.41, 5.74) is 4.50. The molecular weight excluding hydrogens is 212 g/mol. The van der Waals surface area contributed by atoms with Crippen LogP contribution in [-0.4, -0.2) is 4.98 Å². The van der Waals surface area contributed by atoms with Crippen LogP contribution in [-0.2, 0) is 0 Å². The van der Waals surface area contributed by atoms with Gasteiger partial charge < -0.3 is 5.43 Å². The number of nitrogens with one attached hydrogen (secondary N) is 1. The zero-order chi connectivity index (χ0) is 11.9. The standard InChI is InChI=1S/C11H11F2N3/c1-5-6(2)15-11-7(10(5)16-14)3-4-8(12)9(11)13/h3-4H,14H2,1-2H3,(H,15,16). The van der Waals surface area contributed by atoms with Crippen molar-refractivity contribution >= 4 is 16.6 Å². The van der Waals surface area contributed by atoms with Crippen LogP contribution in [0.2, 0.25) is 0 Å². The Labute approximate surface area is 91.3 Å². The van der Waals surface area contributed by atoms with Gasteiger partial charge in [0.25, 0.3) is 0 Å². The molecule has 0 bridgehead atoms. The Hall–Kier alpha value is -1.75. The lowest BCUT2D eigenvalue weighted by Crippen LogP contribution is -2.10. The van der Waals surface area contributed by atoms with Gasteiger partial charge in [0.05, 0.1) is 5.69 Å². The van der Waals surface area contributed by atoms with Gasteiger partial charge in [-0.1, -0.05) is 0 Å². The largest absolute Gasteiger partial charge is 0.323 e. The number of hydrogen-bond acceptors (Lipinski definition) is 3. The van der Waals surface area contributed by atoms with Crippen LogP contribution in [0.5, 0.6) is 0 Å². The van der Waals surface area contributed by atoms with Gasteiger partial charge in [0.1, 0.15) is 5.52 Å². The van der Waals surface area contributed by atoms with E-state index in [1.165, 1.54) is 6.07 Å². The minimum atomic E-state index is -0.947. The van der Waals surface area contributed by atoms with Crippen molar-refractivity contribution < 1.29 is 8.78 Å². The summed E-state index contributed by atoms with van der Waals surface area (Å²) in [6, 6.07) is 2.53. The minimum absolute atomic E-state index is 0.00366. The van der Waals surface area contributed by atoms with Crippen molar-refractivity contribution in [1.29, 1.82) is 0 Å². The van der Waals surface area contributed by atoms with Crippen LogP contribution in [0.4, 0.5) is 14.5 Å². The molecule has 1 aromatic heterocycles. The fraction of sp³-hybridized carbons (Fsp3) is 0.182. The van der Waals surface area contributed by atoms with Crippen LogP contribution in [0.3, 0.4) is 0 Å². The maximum Gasteiger partial charge on any atom is 0.185 e. The predicted octanol–water partition coefficient (Wildman–Crippen LogP) is 2.42. The molecule has 0 amide bonds. The summed E-state index contributed by atoms with van der Waals surface area (Å²) in [5, 5.41) is 0.476. The van der Waals surface area contributed by atoms with Crippen molar-refractivity contribution in [3.05, 3.63) is 35.0 Å². The number of hydrazine groups is 1. The average molecular weight is 223 g/mol. The third-order valence-corrected chi connectivity index (χ3v) is 2.68. The molecule has 0 spiro atoms. The number of nitrogens with zero attached hydrogens (tertiary/aromatic N) is 1. The highest BCUT2D eigenvalue weighted by molar-refractivity contribution is 5.93. The van der Waals surface area contributed by atoms with Crippen LogP contribution >= 0.6 is 0 Å². The number of fused-ring (bicyclic) bond motifs is 1. The van der Waals surface area contributed by atoms with E-state index in [9.17, 15) is 8.78 Å². The number of pyridine rings is 1. The number of hydrogen-bond donors (Lipinski definition) is 2. The van der Waals surface area contributed by atoms with Crippen LogP contribution < -0.4 is 11.3 Å². The first-order valence-electron chi connectivity index (χ1n) is 4.77. The molecule has 0 unspecified atom stereocenters. The average Bonchev–Trinajstić information content (AvgIpc) is 2.27. The van der Waals surface area contributed by atoms with E-state index in [1.54, 1.807) is 6.92 Å². The summed E-state index contributed by atoms with van der Waals surface area (Å²) >= 11 is 0. The highest BCUT2D eigenvalue weighted by atomic mass is 19.2. The van der Waals surface area contributed by atoms with Gasteiger partial charge in [-0.05, 0) is 31.5 Å². The van der Waals surface area contributed by atoms with E-state index in [0.717, 1.165) is 11.6 Å². The van der Waals surface area contributed by atoms with Crippen molar-refractivity contribution in [2.75, 3.05) is 5.43 Å². The van der Waals surface area contributed by atoms with E-state index in [0.29, 0.717) is 16.8 Å². The van der Waals surface area contributed by atoms with Crippen molar-refractivity contribution in [1.82, 2.24) is 4.98 Å². The molecule has 0 aliphatic rings. The molecule has 1 aromatic carbocycles. The first-order valence-corrected chi connectivity index (χ1v) is 4.77. The van der Waals surface area contributed by atoms with E-state index in [2.05, 4.69) is 10.4 Å². The Morgan fingerprint density at radius 2 is 1.94 bits per heavy atom. The van der Waals surface area contributed by atoms with Crippen LogP contribution in [0.15, 0.2) is 12.1 Å². The van der Waals surface area contributed by atoms with Crippen LogP contribution in [0.1, 0.15) is 11.3 Å². The Bertz CT molecular complexity index is 567. The Morgan fingerprint density at radius 3 is 2.56 bits per heavy atom. The molecule has 3 nitrogen and oxygen atoms in total. The van der Waals surface area contributed by atoms with Gasteiger partial charge in [0.15, 0.2) is 11.6 Å². The molecule has 1 heterocycles. The third kappa shape index (κ3) is 1.40. The second kappa shape index (κ2) is 3.68. The summed E-state index contributed by atoms with van der Waals surface area (Å²) in [5.74, 6) is 3.52. The van der Waals surface area contributed by atoms with E-state index in [1.807, 2.05) is 6.92 Å². The van der Waals surface area contributed by atoms with E-state index < -0.39 is 11.6 Å². The Kier molecular flexibility index (Phi) is 2.47. The topological polar surface area (TPSA) is 50.9 Å². The molecule has 84 valence electrons. The smallest absolute Gasteiger partial charge is 0.185 e. The quantitative estimate of drug-likeness (QED) is 0.576. The van der Waals surface area contributed by atoms with Gasteiger partial charge in [-0.2, -0.15) is 0 Å². The van der Waals surface area contributed by atoms with Gasteiger partial charge in [-0.3, -0.25) is 5.84 Å². The summed E-state index contributed by atoms with van der Waals surface area (Å²) < 4.78 is 26.6. The van der Waals surface area contributed by atoms with Gasteiger partial charge in [-0.15, -0.1) is 0 Å². The maximum atomic E-state index is 13.5. The second-order valence-electron chi connectivity index (χ2n) is 3.60. The zero-order valence-corrected chi connectivity index (χ0v) is 8.94. The molecule has 0 atom stereocenters. The first kappa shape index (κ1) is 10.8. The van der Waals surface area contributed by atoms with Crippen LogP contribution in [0.25, 0.3) is 10.9 Å². The lowest BCUT2D eigenvalue weighted by Gasteiger charge is -2.12. The van der Waals surface area contributed by atoms with E-state index >= 15 is 0 Å². The van der Waals surface area contributed by atoms with Crippen molar-refractivity contribution in [2.24, 2.45) is 5.84 Å². The molecule has 0 saturated carbocycles. The van der Waals surface area contributed by atoms with Crippen molar-refractivity contribution in [3.63, 3.8) is 0 Å². The third-order valence-electron chi connectivity index (χ3n) is 2.68. The number of rotatable bonds is 1. The lowest BCUT2D eigenvalue weighted by atomic mass is 10.1. The summed E-state index contributed by atoms with van der Waals surface area (Å²) in [6.45, 7) is 3.54. The zero-order valence-electron chi connectivity index (χ0n) is 8.94. The lowest BCUT2D eigenvalue weighted by molar-refractivity contribution is 0.515. The van der Waals surface area contributed by atoms with E-state index in [-0.39, 0.29) is 5.52 Å². The Morgan fingerprint density at radius 1 is 1.25 bits per heavy atom. The highest BCUT2D eigenvalue weighted by Crippen LogP contribution is 2.29. The van der Waals surface area contributed by atoms with E-state index in [4.69, 9.17) is 5.84 Å². The van der Waals surface area contributed by atoms with Gasteiger partial charge >= 0.3 is 0 Å². The number of benzene rings is 1. The minimum Gasteiger partial charge on any atom is -0.323 e. The SMILES string of the molecule is Cc1nc2c(F)c(F)ccc2c(NN)c1C. The molecular formula is C11H11F2N3. The molecule has 0 saturated heterocycles. The normalized spacial score (nSPS) is 10.8. The maximum absolute atomic E-state index is 13.5. The monoisotopic (exact) mass is 223 g/mol. The molecule has 16 heavy (non-hydrogen) atoms. The summed E-state index contributed by atoms with van der Waals surface area (Å²) in [7, 11) is 0. The summed E-state index contributed by atoms with van der Waals surface area (Å²) in [4.78, 5) is 4.03. The number of aromatic nitrogens is 1. The molecule has 3 N–H and O–H groups in total. The number of aryl methyl sites for hydroxylation is 1. The molecule has 0 radical (unpaired) electrons. The number of anilines is 1.